The number of aliphatic carboxylic acids is 1. The number of hydrogen-bond acceptors (Lipinski definition) is 6. The molecule has 0 radical (unpaired) electrons. The number of benzene rings is 2. The Hall–Kier alpha value is -3.18. The van der Waals surface area contributed by atoms with Crippen molar-refractivity contribution in [3.05, 3.63) is 65.7 Å². The molecule has 188 valence electrons. The van der Waals surface area contributed by atoms with Gasteiger partial charge in [-0.2, -0.15) is 13.2 Å². The van der Waals surface area contributed by atoms with E-state index in [4.69, 9.17) is 20.6 Å². The molecule has 0 aliphatic carbocycles. The summed E-state index contributed by atoms with van der Waals surface area (Å²) in [4.78, 5) is 16.3. The number of nitrogens with two attached hydrogens (primary N) is 1. The van der Waals surface area contributed by atoms with Gasteiger partial charge < -0.3 is 15.7 Å². The smallest absolute Gasteiger partial charge is 0.475 e. The van der Waals surface area contributed by atoms with Crippen LogP contribution in [0.15, 0.2) is 59.5 Å². The number of sulfone groups is 1. The average molecular weight is 510 g/mol. The second-order valence-corrected chi connectivity index (χ2v) is 10.1. The Labute approximate surface area is 201 Å². The SMILES string of the molecule is NCCCS(=O)(=O)c1cc(N2CCCc3ccccc3C2)nc2ccccc12.O=C(O)C(F)(F)F. The van der Waals surface area contributed by atoms with Crippen molar-refractivity contribution in [1.82, 2.24) is 4.98 Å². The number of carboxylic acids is 1. The Morgan fingerprint density at radius 2 is 1.71 bits per heavy atom. The van der Waals surface area contributed by atoms with Gasteiger partial charge in [0, 0.05) is 18.5 Å². The number of aryl methyl sites for hydroxylation is 1. The van der Waals surface area contributed by atoms with Crippen LogP contribution in [-0.2, 0) is 27.6 Å². The van der Waals surface area contributed by atoms with Gasteiger partial charge in [0.25, 0.3) is 0 Å². The summed E-state index contributed by atoms with van der Waals surface area (Å²) in [5.74, 6) is -1.98. The lowest BCUT2D eigenvalue weighted by Gasteiger charge is -2.23. The van der Waals surface area contributed by atoms with Gasteiger partial charge >= 0.3 is 12.1 Å². The van der Waals surface area contributed by atoms with E-state index in [0.717, 1.165) is 31.7 Å². The molecule has 0 saturated heterocycles. The fourth-order valence-electron chi connectivity index (χ4n) is 3.83. The summed E-state index contributed by atoms with van der Waals surface area (Å²) in [5, 5.41) is 7.80. The fraction of sp³-hybridized carbons (Fsp3) is 0.333. The van der Waals surface area contributed by atoms with E-state index in [1.54, 1.807) is 6.07 Å². The highest BCUT2D eigenvalue weighted by Crippen LogP contribution is 2.30. The maximum absolute atomic E-state index is 13.0. The minimum Gasteiger partial charge on any atom is -0.475 e. The molecule has 11 heteroatoms. The van der Waals surface area contributed by atoms with Crippen LogP contribution in [-0.4, -0.2) is 49.5 Å². The zero-order chi connectivity index (χ0) is 25.6. The standard InChI is InChI=1S/C22H25N3O2S.C2HF3O2/c23-12-6-14-28(26,27)21-15-22(24-20-11-4-3-10-19(20)21)25-13-5-9-17-7-1-2-8-18(17)16-25;3-2(4,5)1(6)7/h1-4,7-8,10-11,15H,5-6,9,12-14,16,23H2;(H,6,7). The van der Waals surface area contributed by atoms with Gasteiger partial charge in [0.15, 0.2) is 9.84 Å². The van der Waals surface area contributed by atoms with Gasteiger partial charge in [-0.3, -0.25) is 0 Å². The molecule has 1 aromatic heterocycles. The van der Waals surface area contributed by atoms with E-state index in [0.29, 0.717) is 28.8 Å². The van der Waals surface area contributed by atoms with Crippen molar-refractivity contribution in [2.24, 2.45) is 5.73 Å². The van der Waals surface area contributed by atoms with Crippen molar-refractivity contribution in [3.63, 3.8) is 0 Å². The summed E-state index contributed by atoms with van der Waals surface area (Å²) < 4.78 is 57.7. The molecule has 1 aliphatic rings. The third-order valence-electron chi connectivity index (χ3n) is 5.54. The Morgan fingerprint density at radius 3 is 2.37 bits per heavy atom. The Morgan fingerprint density at radius 1 is 1.09 bits per heavy atom. The Bertz CT molecular complexity index is 1300. The number of nitrogens with zero attached hydrogens (tertiary/aromatic N) is 2. The molecule has 3 N–H and O–H groups in total. The zero-order valence-electron chi connectivity index (χ0n) is 18.8. The number of alkyl halides is 3. The van der Waals surface area contributed by atoms with Gasteiger partial charge in [-0.1, -0.05) is 42.5 Å². The number of pyridine rings is 1. The van der Waals surface area contributed by atoms with Crippen LogP contribution in [0.3, 0.4) is 0 Å². The topological polar surface area (TPSA) is 114 Å². The average Bonchev–Trinajstić information content (AvgIpc) is 3.04. The van der Waals surface area contributed by atoms with Gasteiger partial charge in [-0.15, -0.1) is 0 Å². The summed E-state index contributed by atoms with van der Waals surface area (Å²) in [7, 11) is -3.43. The predicted octanol–water partition coefficient (Wildman–Crippen LogP) is 3.94. The van der Waals surface area contributed by atoms with E-state index in [1.807, 2.05) is 24.3 Å². The molecule has 0 spiro atoms. The lowest BCUT2D eigenvalue weighted by atomic mass is 10.0. The van der Waals surface area contributed by atoms with Crippen LogP contribution >= 0.6 is 0 Å². The van der Waals surface area contributed by atoms with Crippen LogP contribution in [0.25, 0.3) is 10.9 Å². The molecule has 0 atom stereocenters. The second kappa shape index (κ2) is 11.0. The van der Waals surface area contributed by atoms with Crippen molar-refractivity contribution in [2.75, 3.05) is 23.7 Å². The second-order valence-electron chi connectivity index (χ2n) is 8.05. The van der Waals surface area contributed by atoms with Crippen molar-refractivity contribution < 1.29 is 31.5 Å². The molecule has 4 rings (SSSR count). The number of halogens is 3. The normalized spacial score (nSPS) is 14.0. The van der Waals surface area contributed by atoms with Crippen LogP contribution < -0.4 is 10.6 Å². The van der Waals surface area contributed by atoms with Crippen molar-refractivity contribution >= 4 is 32.5 Å². The molecular weight excluding hydrogens is 483 g/mol. The lowest BCUT2D eigenvalue weighted by molar-refractivity contribution is -0.192. The summed E-state index contributed by atoms with van der Waals surface area (Å²) in [6, 6.07) is 17.7. The number of hydrogen-bond donors (Lipinski definition) is 2. The first-order chi connectivity index (χ1) is 16.5. The molecule has 0 amide bonds. The van der Waals surface area contributed by atoms with Crippen LogP contribution in [0.5, 0.6) is 0 Å². The minimum absolute atomic E-state index is 0.0553. The molecule has 0 unspecified atom stereocenters. The van der Waals surface area contributed by atoms with E-state index in [1.165, 1.54) is 11.1 Å². The Kier molecular flexibility index (Phi) is 8.34. The zero-order valence-corrected chi connectivity index (χ0v) is 19.6. The molecule has 3 aromatic rings. The summed E-state index contributed by atoms with van der Waals surface area (Å²) in [6.45, 7) is 1.95. The number of carboxylic acid groups (broad SMARTS) is 1. The van der Waals surface area contributed by atoms with Gasteiger partial charge in [0.2, 0.25) is 0 Å². The van der Waals surface area contributed by atoms with Crippen LogP contribution in [0.1, 0.15) is 24.0 Å². The van der Waals surface area contributed by atoms with Crippen LogP contribution in [0, 0.1) is 0 Å². The largest absolute Gasteiger partial charge is 0.490 e. The minimum atomic E-state index is -5.08. The molecule has 2 aromatic carbocycles. The molecule has 0 bridgehead atoms. The number of aromatic nitrogens is 1. The molecule has 0 fully saturated rings. The van der Waals surface area contributed by atoms with Gasteiger partial charge in [0.1, 0.15) is 5.82 Å². The summed E-state index contributed by atoms with van der Waals surface area (Å²) in [6.07, 6.45) is -2.59. The van der Waals surface area contributed by atoms with E-state index < -0.39 is 22.0 Å². The fourth-order valence-corrected chi connectivity index (χ4v) is 5.39. The number of rotatable bonds is 5. The highest BCUT2D eigenvalue weighted by molar-refractivity contribution is 7.91. The van der Waals surface area contributed by atoms with Gasteiger partial charge in [-0.25, -0.2) is 18.2 Å². The number of fused-ring (bicyclic) bond motifs is 2. The molecule has 35 heavy (non-hydrogen) atoms. The van der Waals surface area contributed by atoms with Crippen molar-refractivity contribution in [2.45, 2.75) is 36.9 Å². The van der Waals surface area contributed by atoms with Crippen LogP contribution in [0.2, 0.25) is 0 Å². The third-order valence-corrected chi connectivity index (χ3v) is 7.37. The van der Waals surface area contributed by atoms with E-state index in [9.17, 15) is 21.6 Å². The quantitative estimate of drug-likeness (QED) is 0.536. The van der Waals surface area contributed by atoms with E-state index in [2.05, 4.69) is 29.2 Å². The lowest BCUT2D eigenvalue weighted by Crippen LogP contribution is -2.24. The maximum atomic E-state index is 13.0. The highest BCUT2D eigenvalue weighted by atomic mass is 32.2. The molecule has 2 heterocycles. The van der Waals surface area contributed by atoms with Crippen molar-refractivity contribution in [1.29, 1.82) is 0 Å². The van der Waals surface area contributed by atoms with Crippen molar-refractivity contribution in [3.8, 4) is 0 Å². The molecule has 0 saturated carbocycles. The number of para-hydroxylation sites is 1. The highest BCUT2D eigenvalue weighted by Gasteiger charge is 2.38. The molecular formula is C24H26F3N3O4S. The van der Waals surface area contributed by atoms with E-state index >= 15 is 0 Å². The first-order valence-electron chi connectivity index (χ1n) is 11.0. The first kappa shape index (κ1) is 26.4. The first-order valence-corrected chi connectivity index (χ1v) is 12.6. The third kappa shape index (κ3) is 6.70. The van der Waals surface area contributed by atoms with E-state index in [-0.39, 0.29) is 5.75 Å². The van der Waals surface area contributed by atoms with Crippen LogP contribution in [0.4, 0.5) is 19.0 Å². The molecule has 1 aliphatic heterocycles. The summed E-state index contributed by atoms with van der Waals surface area (Å²) in [5.41, 5.74) is 8.91. The monoisotopic (exact) mass is 509 g/mol. The maximum Gasteiger partial charge on any atom is 0.490 e. The molecule has 7 nitrogen and oxygen atoms in total. The predicted molar refractivity (Wildman–Crippen MR) is 127 cm³/mol. The Balaban J connectivity index is 0.000000429. The van der Waals surface area contributed by atoms with Gasteiger partial charge in [0.05, 0.1) is 16.2 Å². The number of anilines is 1. The van der Waals surface area contributed by atoms with Gasteiger partial charge in [-0.05, 0) is 49.1 Å². The number of carbonyl (C=O) groups is 1. The summed E-state index contributed by atoms with van der Waals surface area (Å²) >= 11 is 0.